The lowest BCUT2D eigenvalue weighted by Crippen LogP contribution is -2.32. The van der Waals surface area contributed by atoms with Crippen LogP contribution in [-0.2, 0) is 6.42 Å². The van der Waals surface area contributed by atoms with Gasteiger partial charge in [-0.2, -0.15) is 0 Å². The van der Waals surface area contributed by atoms with Crippen LogP contribution in [0.5, 0.6) is 0 Å². The van der Waals surface area contributed by atoms with E-state index in [4.69, 9.17) is 11.6 Å². The van der Waals surface area contributed by atoms with E-state index in [0.29, 0.717) is 5.41 Å². The molecule has 0 radical (unpaired) electrons. The first kappa shape index (κ1) is 11.5. The number of halogens is 2. The molecular formula is C15H18ClF. The first-order valence-electron chi connectivity index (χ1n) is 6.52. The molecule has 0 aliphatic heterocycles. The minimum Gasteiger partial charge on any atom is -0.207 e. The molecule has 2 aliphatic rings. The summed E-state index contributed by atoms with van der Waals surface area (Å²) in [6.45, 7) is 0. The highest BCUT2D eigenvalue weighted by Gasteiger charge is 2.50. The number of rotatable bonds is 3. The third-order valence-corrected chi connectivity index (χ3v) is 5.37. The molecule has 1 aromatic carbocycles. The van der Waals surface area contributed by atoms with Gasteiger partial charge in [0, 0.05) is 5.88 Å². The van der Waals surface area contributed by atoms with Gasteiger partial charge in [-0.25, -0.2) is 4.39 Å². The smallest absolute Gasteiger partial charge is 0.123 e. The van der Waals surface area contributed by atoms with Gasteiger partial charge < -0.3 is 0 Å². The Balaban J connectivity index is 1.80. The van der Waals surface area contributed by atoms with Crippen LogP contribution in [0, 0.1) is 23.1 Å². The van der Waals surface area contributed by atoms with E-state index in [0.717, 1.165) is 24.1 Å². The van der Waals surface area contributed by atoms with Crippen molar-refractivity contribution in [3.05, 3.63) is 35.6 Å². The Bertz CT molecular complexity index is 400. The Morgan fingerprint density at radius 2 is 2.00 bits per heavy atom. The molecule has 2 fully saturated rings. The molecule has 1 aromatic rings. The Morgan fingerprint density at radius 1 is 1.24 bits per heavy atom. The highest BCUT2D eigenvalue weighted by atomic mass is 35.5. The van der Waals surface area contributed by atoms with Crippen molar-refractivity contribution in [3.63, 3.8) is 0 Å². The molecule has 0 amide bonds. The molecule has 2 heteroatoms. The molecule has 3 unspecified atom stereocenters. The van der Waals surface area contributed by atoms with Crippen molar-refractivity contribution in [2.45, 2.75) is 32.1 Å². The van der Waals surface area contributed by atoms with Gasteiger partial charge >= 0.3 is 0 Å². The first-order chi connectivity index (χ1) is 8.22. The van der Waals surface area contributed by atoms with E-state index in [9.17, 15) is 4.39 Å². The summed E-state index contributed by atoms with van der Waals surface area (Å²) >= 11 is 6.27. The largest absolute Gasteiger partial charge is 0.207 e. The van der Waals surface area contributed by atoms with Crippen molar-refractivity contribution in [1.82, 2.24) is 0 Å². The Labute approximate surface area is 107 Å². The molecular weight excluding hydrogens is 235 g/mol. The van der Waals surface area contributed by atoms with Gasteiger partial charge in [0.15, 0.2) is 0 Å². The number of benzene rings is 1. The average Bonchev–Trinajstić information content (AvgIpc) is 2.93. The maximum absolute atomic E-state index is 12.9. The second-order valence-electron chi connectivity index (χ2n) is 5.88. The van der Waals surface area contributed by atoms with Crippen LogP contribution < -0.4 is 0 Å². The number of fused-ring (bicyclic) bond motifs is 2. The topological polar surface area (TPSA) is 0 Å². The van der Waals surface area contributed by atoms with E-state index in [1.165, 1.54) is 31.2 Å². The van der Waals surface area contributed by atoms with Crippen LogP contribution in [0.2, 0.25) is 0 Å². The van der Waals surface area contributed by atoms with Gasteiger partial charge in [-0.15, -0.1) is 11.6 Å². The number of hydrogen-bond donors (Lipinski definition) is 0. The SMILES string of the molecule is Fc1ccc(CC2(CCl)CC3CCC2C3)cc1. The zero-order valence-electron chi connectivity index (χ0n) is 9.96. The lowest BCUT2D eigenvalue weighted by molar-refractivity contribution is 0.193. The van der Waals surface area contributed by atoms with Gasteiger partial charge in [0.2, 0.25) is 0 Å². The quantitative estimate of drug-likeness (QED) is 0.699. The predicted octanol–water partition coefficient (Wildman–Crippen LogP) is 4.41. The summed E-state index contributed by atoms with van der Waals surface area (Å²) in [4.78, 5) is 0. The molecule has 0 heterocycles. The van der Waals surface area contributed by atoms with E-state index in [1.807, 2.05) is 12.1 Å². The van der Waals surface area contributed by atoms with Crippen molar-refractivity contribution in [1.29, 1.82) is 0 Å². The van der Waals surface area contributed by atoms with Crippen molar-refractivity contribution >= 4 is 11.6 Å². The summed E-state index contributed by atoms with van der Waals surface area (Å²) in [5.74, 6) is 2.31. The Morgan fingerprint density at radius 3 is 2.53 bits per heavy atom. The third kappa shape index (κ3) is 1.99. The molecule has 3 rings (SSSR count). The van der Waals surface area contributed by atoms with Gasteiger partial charge in [-0.05, 0) is 60.6 Å². The fraction of sp³-hybridized carbons (Fsp3) is 0.600. The monoisotopic (exact) mass is 252 g/mol. The summed E-state index contributed by atoms with van der Waals surface area (Å²) in [7, 11) is 0. The molecule has 0 N–H and O–H groups in total. The van der Waals surface area contributed by atoms with E-state index in [-0.39, 0.29) is 5.82 Å². The minimum atomic E-state index is -0.151. The van der Waals surface area contributed by atoms with Crippen LogP contribution in [0.1, 0.15) is 31.2 Å². The van der Waals surface area contributed by atoms with Gasteiger partial charge in [0.25, 0.3) is 0 Å². The van der Waals surface area contributed by atoms with Crippen LogP contribution in [0.15, 0.2) is 24.3 Å². The lowest BCUT2D eigenvalue weighted by atomic mass is 9.71. The molecule has 3 atom stereocenters. The maximum atomic E-state index is 12.9. The van der Waals surface area contributed by atoms with Crippen molar-refractivity contribution in [2.75, 3.05) is 5.88 Å². The lowest BCUT2D eigenvalue weighted by Gasteiger charge is -2.36. The minimum absolute atomic E-state index is 0.151. The van der Waals surface area contributed by atoms with Crippen molar-refractivity contribution < 1.29 is 4.39 Å². The van der Waals surface area contributed by atoms with E-state index < -0.39 is 0 Å². The summed E-state index contributed by atoms with van der Waals surface area (Å²) in [6, 6.07) is 6.94. The standard InChI is InChI=1S/C15H18ClF/c16-10-15(9-12-1-4-13(15)7-12)8-11-2-5-14(17)6-3-11/h2-3,5-6,12-13H,1,4,7-10H2. The van der Waals surface area contributed by atoms with Crippen molar-refractivity contribution in [3.8, 4) is 0 Å². The van der Waals surface area contributed by atoms with Crippen molar-refractivity contribution in [2.24, 2.45) is 17.3 Å². The fourth-order valence-corrected chi connectivity index (χ4v) is 4.42. The number of alkyl halides is 1. The van der Waals surface area contributed by atoms with E-state index in [1.54, 1.807) is 12.1 Å². The maximum Gasteiger partial charge on any atom is 0.123 e. The summed E-state index contributed by atoms with van der Waals surface area (Å²) in [5, 5.41) is 0. The zero-order chi connectivity index (χ0) is 11.9. The van der Waals surface area contributed by atoms with Gasteiger partial charge in [0.05, 0.1) is 0 Å². The number of hydrogen-bond acceptors (Lipinski definition) is 0. The fourth-order valence-electron chi connectivity index (χ4n) is 3.99. The van der Waals surface area contributed by atoms with Crippen LogP contribution in [-0.4, -0.2) is 5.88 Å². The highest BCUT2D eigenvalue weighted by molar-refractivity contribution is 6.18. The first-order valence-corrected chi connectivity index (χ1v) is 7.06. The molecule has 0 spiro atoms. The van der Waals surface area contributed by atoms with Gasteiger partial charge in [-0.3, -0.25) is 0 Å². The summed E-state index contributed by atoms with van der Waals surface area (Å²) in [5.41, 5.74) is 1.53. The average molecular weight is 253 g/mol. The highest BCUT2D eigenvalue weighted by Crippen LogP contribution is 2.57. The molecule has 0 saturated heterocycles. The molecule has 2 bridgehead atoms. The summed E-state index contributed by atoms with van der Waals surface area (Å²) in [6.07, 6.45) is 6.41. The second-order valence-corrected chi connectivity index (χ2v) is 6.15. The Hall–Kier alpha value is -0.560. The summed E-state index contributed by atoms with van der Waals surface area (Å²) < 4.78 is 12.9. The van der Waals surface area contributed by atoms with E-state index in [2.05, 4.69) is 0 Å². The normalized spacial score (nSPS) is 35.4. The van der Waals surface area contributed by atoms with Gasteiger partial charge in [-0.1, -0.05) is 18.6 Å². The molecule has 2 saturated carbocycles. The van der Waals surface area contributed by atoms with Crippen LogP contribution in [0.4, 0.5) is 4.39 Å². The van der Waals surface area contributed by atoms with E-state index >= 15 is 0 Å². The Kier molecular flexibility index (Phi) is 2.90. The van der Waals surface area contributed by atoms with Crippen LogP contribution >= 0.6 is 11.6 Å². The molecule has 2 aliphatic carbocycles. The second kappa shape index (κ2) is 4.28. The third-order valence-electron chi connectivity index (χ3n) is 4.84. The molecule has 92 valence electrons. The zero-order valence-corrected chi connectivity index (χ0v) is 10.7. The molecule has 0 nitrogen and oxygen atoms in total. The van der Waals surface area contributed by atoms with Gasteiger partial charge in [0.1, 0.15) is 5.82 Å². The van der Waals surface area contributed by atoms with Crippen LogP contribution in [0.25, 0.3) is 0 Å². The molecule has 17 heavy (non-hydrogen) atoms. The molecule has 0 aromatic heterocycles. The van der Waals surface area contributed by atoms with Crippen LogP contribution in [0.3, 0.4) is 0 Å². The predicted molar refractivity (Wildman–Crippen MR) is 68.7 cm³/mol.